The van der Waals surface area contributed by atoms with Crippen LogP contribution in [0.1, 0.15) is 69.8 Å². The second kappa shape index (κ2) is 7.19. The van der Waals surface area contributed by atoms with Gasteiger partial charge in [0.15, 0.2) is 0 Å². The molecule has 0 unspecified atom stereocenters. The molecule has 1 aliphatic heterocycles. The molecule has 1 aromatic rings. The summed E-state index contributed by atoms with van der Waals surface area (Å²) >= 11 is 0. The minimum Gasteiger partial charge on any atom is -0.366 e. The molecule has 0 bridgehead atoms. The first-order valence-corrected chi connectivity index (χ1v) is 9.20. The Morgan fingerprint density at radius 3 is 2.32 bits per heavy atom. The highest BCUT2D eigenvalue weighted by Gasteiger charge is 2.44. The summed E-state index contributed by atoms with van der Waals surface area (Å²) in [5.74, 6) is 0.345. The first kappa shape index (κ1) is 19.5. The van der Waals surface area contributed by atoms with Gasteiger partial charge in [0.2, 0.25) is 11.8 Å². The van der Waals surface area contributed by atoms with Gasteiger partial charge in [-0.25, -0.2) is 0 Å². The zero-order valence-corrected chi connectivity index (χ0v) is 16.3. The standard InChI is InChI=1S/C21H32N2O2/c1-20(2,3)14-17-12-13-23(21(17,4)5)18(24)11-8-15-6-9-16(10-7-15)19(22)25/h6-7,9-10,17H,8,11-14H2,1-5H3,(H2,22,25)/t17-/m1/s1. The molecule has 4 heteroatoms. The number of hydrogen-bond acceptors (Lipinski definition) is 2. The summed E-state index contributed by atoms with van der Waals surface area (Å²) in [4.78, 5) is 26.0. The molecule has 4 nitrogen and oxygen atoms in total. The highest BCUT2D eigenvalue weighted by Crippen LogP contribution is 2.41. The van der Waals surface area contributed by atoms with E-state index in [9.17, 15) is 9.59 Å². The molecule has 1 saturated heterocycles. The summed E-state index contributed by atoms with van der Waals surface area (Å²) in [7, 11) is 0. The zero-order valence-electron chi connectivity index (χ0n) is 16.3. The van der Waals surface area contributed by atoms with Crippen molar-refractivity contribution in [3.8, 4) is 0 Å². The maximum atomic E-state index is 12.8. The van der Waals surface area contributed by atoms with Crippen LogP contribution >= 0.6 is 0 Å². The van der Waals surface area contributed by atoms with E-state index in [1.54, 1.807) is 12.1 Å². The van der Waals surface area contributed by atoms with Crippen LogP contribution in [-0.2, 0) is 11.2 Å². The number of rotatable bonds is 5. The highest BCUT2D eigenvalue weighted by atomic mass is 16.2. The van der Waals surface area contributed by atoms with Crippen LogP contribution in [0.25, 0.3) is 0 Å². The first-order chi connectivity index (χ1) is 11.5. The molecule has 1 fully saturated rings. The summed E-state index contributed by atoms with van der Waals surface area (Å²) in [6.07, 6.45) is 3.41. The van der Waals surface area contributed by atoms with Crippen LogP contribution in [-0.4, -0.2) is 28.8 Å². The number of primary amides is 1. The number of nitrogens with two attached hydrogens (primary N) is 1. The quantitative estimate of drug-likeness (QED) is 0.883. The van der Waals surface area contributed by atoms with Crippen molar-refractivity contribution < 1.29 is 9.59 Å². The minimum atomic E-state index is -0.425. The molecule has 1 heterocycles. The van der Waals surface area contributed by atoms with E-state index in [0.29, 0.717) is 24.3 Å². The molecule has 1 aliphatic rings. The van der Waals surface area contributed by atoms with E-state index in [0.717, 1.165) is 24.9 Å². The van der Waals surface area contributed by atoms with Crippen molar-refractivity contribution in [1.29, 1.82) is 0 Å². The Morgan fingerprint density at radius 2 is 1.80 bits per heavy atom. The van der Waals surface area contributed by atoms with Crippen LogP contribution in [0, 0.1) is 11.3 Å². The lowest BCUT2D eigenvalue weighted by Gasteiger charge is -2.38. The van der Waals surface area contributed by atoms with Gasteiger partial charge in [0, 0.05) is 24.1 Å². The Kier molecular flexibility index (Phi) is 5.60. The molecule has 0 saturated carbocycles. The molecule has 25 heavy (non-hydrogen) atoms. The molecule has 2 rings (SSSR count). The maximum absolute atomic E-state index is 12.8. The fourth-order valence-corrected chi connectivity index (χ4v) is 3.91. The molecular formula is C21H32N2O2. The lowest BCUT2D eigenvalue weighted by atomic mass is 9.76. The van der Waals surface area contributed by atoms with E-state index in [2.05, 4.69) is 39.5 Å². The molecule has 0 aromatic heterocycles. The number of aryl methyl sites for hydroxylation is 1. The molecule has 1 aromatic carbocycles. The highest BCUT2D eigenvalue weighted by molar-refractivity contribution is 5.92. The van der Waals surface area contributed by atoms with Crippen LogP contribution in [0.4, 0.5) is 0 Å². The van der Waals surface area contributed by atoms with Crippen LogP contribution in [0.2, 0.25) is 0 Å². The maximum Gasteiger partial charge on any atom is 0.248 e. The number of amides is 2. The van der Waals surface area contributed by atoms with Crippen molar-refractivity contribution in [2.75, 3.05) is 6.54 Å². The van der Waals surface area contributed by atoms with Crippen molar-refractivity contribution in [2.24, 2.45) is 17.1 Å². The minimum absolute atomic E-state index is 0.0831. The van der Waals surface area contributed by atoms with E-state index >= 15 is 0 Å². The zero-order chi connectivity index (χ0) is 18.8. The van der Waals surface area contributed by atoms with Crippen molar-refractivity contribution in [2.45, 2.75) is 65.8 Å². The largest absolute Gasteiger partial charge is 0.366 e. The molecule has 0 spiro atoms. The SMILES string of the molecule is CC(C)(C)C[C@H]1CCN(C(=O)CCc2ccc(C(N)=O)cc2)C1(C)C. The van der Waals surface area contributed by atoms with Gasteiger partial charge in [0.1, 0.15) is 0 Å². The Morgan fingerprint density at radius 1 is 1.20 bits per heavy atom. The van der Waals surface area contributed by atoms with E-state index < -0.39 is 5.91 Å². The van der Waals surface area contributed by atoms with Gasteiger partial charge in [0.05, 0.1) is 0 Å². The van der Waals surface area contributed by atoms with Gasteiger partial charge in [-0.15, -0.1) is 0 Å². The van der Waals surface area contributed by atoms with Gasteiger partial charge in [-0.2, -0.15) is 0 Å². The van der Waals surface area contributed by atoms with E-state index in [1.165, 1.54) is 0 Å². The topological polar surface area (TPSA) is 63.4 Å². The Bertz CT molecular complexity index is 626. The lowest BCUT2D eigenvalue weighted by molar-refractivity contribution is -0.135. The second-order valence-electron chi connectivity index (χ2n) is 9.01. The van der Waals surface area contributed by atoms with E-state index in [1.807, 2.05) is 12.1 Å². The summed E-state index contributed by atoms with van der Waals surface area (Å²) < 4.78 is 0. The number of hydrogen-bond donors (Lipinski definition) is 1. The Labute approximate surface area is 151 Å². The molecule has 138 valence electrons. The normalized spacial score (nSPS) is 19.9. The van der Waals surface area contributed by atoms with Crippen molar-refractivity contribution >= 4 is 11.8 Å². The van der Waals surface area contributed by atoms with Crippen molar-refractivity contribution in [3.63, 3.8) is 0 Å². The van der Waals surface area contributed by atoms with Gasteiger partial charge in [-0.05, 0) is 62.1 Å². The lowest BCUT2D eigenvalue weighted by Crippen LogP contribution is -2.46. The van der Waals surface area contributed by atoms with Crippen LogP contribution in [0.3, 0.4) is 0 Å². The third-order valence-electron chi connectivity index (χ3n) is 5.42. The molecule has 2 N–H and O–H groups in total. The summed E-state index contributed by atoms with van der Waals surface area (Å²) in [6.45, 7) is 12.1. The van der Waals surface area contributed by atoms with Gasteiger partial charge in [0.25, 0.3) is 0 Å². The average molecular weight is 344 g/mol. The van der Waals surface area contributed by atoms with Crippen LogP contribution in [0.15, 0.2) is 24.3 Å². The number of carbonyl (C=O) groups is 2. The number of nitrogens with zero attached hydrogens (tertiary/aromatic N) is 1. The number of likely N-dealkylation sites (tertiary alicyclic amines) is 1. The molecule has 1 atom stereocenters. The Hall–Kier alpha value is -1.84. The molecule has 2 amide bonds. The van der Waals surface area contributed by atoms with Gasteiger partial charge < -0.3 is 10.6 Å². The van der Waals surface area contributed by atoms with Crippen molar-refractivity contribution in [3.05, 3.63) is 35.4 Å². The van der Waals surface area contributed by atoms with Gasteiger partial charge in [-0.3, -0.25) is 9.59 Å². The smallest absolute Gasteiger partial charge is 0.248 e. The predicted octanol–water partition coefficient (Wildman–Crippen LogP) is 3.78. The molecule has 0 aliphatic carbocycles. The second-order valence-corrected chi connectivity index (χ2v) is 9.01. The van der Waals surface area contributed by atoms with Gasteiger partial charge >= 0.3 is 0 Å². The molecule has 0 radical (unpaired) electrons. The first-order valence-electron chi connectivity index (χ1n) is 9.20. The summed E-state index contributed by atoms with van der Waals surface area (Å²) in [5.41, 5.74) is 7.01. The monoisotopic (exact) mass is 344 g/mol. The molecular weight excluding hydrogens is 312 g/mol. The van der Waals surface area contributed by atoms with Crippen LogP contribution < -0.4 is 5.73 Å². The van der Waals surface area contributed by atoms with Crippen molar-refractivity contribution in [1.82, 2.24) is 4.90 Å². The van der Waals surface area contributed by atoms with Gasteiger partial charge in [-0.1, -0.05) is 32.9 Å². The average Bonchev–Trinajstić information content (AvgIpc) is 2.78. The van der Waals surface area contributed by atoms with Crippen LogP contribution in [0.5, 0.6) is 0 Å². The van der Waals surface area contributed by atoms with E-state index in [4.69, 9.17) is 5.73 Å². The third-order valence-corrected chi connectivity index (χ3v) is 5.42. The Balaban J connectivity index is 1.95. The third kappa shape index (κ3) is 4.83. The summed E-state index contributed by atoms with van der Waals surface area (Å²) in [5, 5.41) is 0. The fraction of sp³-hybridized carbons (Fsp3) is 0.619. The summed E-state index contributed by atoms with van der Waals surface area (Å²) in [6, 6.07) is 7.21. The number of benzene rings is 1. The fourth-order valence-electron chi connectivity index (χ4n) is 3.91. The number of carbonyl (C=O) groups excluding carboxylic acids is 2. The predicted molar refractivity (Wildman–Crippen MR) is 101 cm³/mol. The van der Waals surface area contributed by atoms with E-state index in [-0.39, 0.29) is 16.9 Å².